The summed E-state index contributed by atoms with van der Waals surface area (Å²) in [5, 5.41) is 0. The van der Waals surface area contributed by atoms with Gasteiger partial charge in [0.15, 0.2) is 0 Å². The van der Waals surface area contributed by atoms with Crippen molar-refractivity contribution in [2.24, 2.45) is 5.92 Å². The van der Waals surface area contributed by atoms with Crippen molar-refractivity contribution in [1.29, 1.82) is 0 Å². The fourth-order valence-electron chi connectivity index (χ4n) is 5.23. The fourth-order valence-corrected chi connectivity index (χ4v) is 5.23. The summed E-state index contributed by atoms with van der Waals surface area (Å²) in [5.74, 6) is 2.30. The Morgan fingerprint density at radius 3 is 1.93 bits per heavy atom. The summed E-state index contributed by atoms with van der Waals surface area (Å²) in [4.78, 5) is 0. The van der Waals surface area contributed by atoms with Crippen molar-refractivity contribution in [3.63, 3.8) is 0 Å². The number of rotatable bonds is 7. The Kier molecular flexibility index (Phi) is 7.05. The van der Waals surface area contributed by atoms with Gasteiger partial charge in [0.25, 0.3) is 0 Å². The summed E-state index contributed by atoms with van der Waals surface area (Å²) in [5.41, 5.74) is 7.03. The molecule has 3 aromatic carbocycles. The molecule has 156 valence electrons. The first-order valence-electron chi connectivity index (χ1n) is 12.0. The Morgan fingerprint density at radius 2 is 1.33 bits per heavy atom. The first-order valence-corrected chi connectivity index (χ1v) is 12.0. The third-order valence-corrected chi connectivity index (χ3v) is 7.12. The standard InChI is InChI=1S/C30H36/c1-3-7-24-10-14-27(15-11-24)29-18-20-30(21-19-29)28-16-12-25(13-17-28)22-23(2)26-8-5-4-6-9-26/h4-6,8-9,12-13,16-21,23-24,27H,3,7,10-11,14-15,22H2,1-2H3/t23-,24?,27?/m0/s1. The van der Waals surface area contributed by atoms with Crippen LogP contribution >= 0.6 is 0 Å². The largest absolute Gasteiger partial charge is 0.0654 e. The normalized spacial score (nSPS) is 20.1. The molecule has 0 spiro atoms. The molecule has 1 fully saturated rings. The summed E-state index contributed by atoms with van der Waals surface area (Å²) in [6.45, 7) is 4.64. The highest BCUT2D eigenvalue weighted by molar-refractivity contribution is 5.64. The van der Waals surface area contributed by atoms with Crippen molar-refractivity contribution in [3.8, 4) is 11.1 Å². The molecule has 0 unspecified atom stereocenters. The second-order valence-electron chi connectivity index (χ2n) is 9.34. The highest BCUT2D eigenvalue weighted by Gasteiger charge is 2.21. The average Bonchev–Trinajstić information content (AvgIpc) is 2.81. The van der Waals surface area contributed by atoms with Crippen molar-refractivity contribution in [2.45, 2.75) is 70.6 Å². The number of benzene rings is 3. The van der Waals surface area contributed by atoms with Crippen molar-refractivity contribution in [2.75, 3.05) is 0 Å². The van der Waals surface area contributed by atoms with E-state index in [1.165, 1.54) is 60.8 Å². The maximum absolute atomic E-state index is 2.38. The van der Waals surface area contributed by atoms with Gasteiger partial charge in [-0.15, -0.1) is 0 Å². The number of hydrogen-bond donors (Lipinski definition) is 0. The molecule has 0 N–H and O–H groups in total. The second-order valence-corrected chi connectivity index (χ2v) is 9.34. The zero-order valence-electron chi connectivity index (χ0n) is 18.7. The van der Waals surface area contributed by atoms with Crippen LogP contribution in [-0.2, 0) is 6.42 Å². The lowest BCUT2D eigenvalue weighted by Gasteiger charge is -2.28. The molecule has 1 saturated carbocycles. The zero-order valence-corrected chi connectivity index (χ0v) is 18.7. The van der Waals surface area contributed by atoms with Gasteiger partial charge in [-0.1, -0.05) is 106 Å². The third kappa shape index (κ3) is 5.22. The predicted molar refractivity (Wildman–Crippen MR) is 130 cm³/mol. The van der Waals surface area contributed by atoms with Gasteiger partial charge < -0.3 is 0 Å². The van der Waals surface area contributed by atoms with Crippen LogP contribution in [0.5, 0.6) is 0 Å². The van der Waals surface area contributed by atoms with Gasteiger partial charge in [-0.25, -0.2) is 0 Å². The molecule has 1 aliphatic carbocycles. The Bertz CT molecular complexity index is 881. The van der Waals surface area contributed by atoms with Crippen LogP contribution in [0.2, 0.25) is 0 Å². The van der Waals surface area contributed by atoms with Crippen LogP contribution in [0, 0.1) is 5.92 Å². The average molecular weight is 397 g/mol. The first kappa shape index (κ1) is 20.9. The summed E-state index contributed by atoms with van der Waals surface area (Å²) < 4.78 is 0. The molecule has 3 aromatic rings. The predicted octanol–water partition coefficient (Wildman–Crippen LogP) is 8.77. The fraction of sp³-hybridized carbons (Fsp3) is 0.400. The highest BCUT2D eigenvalue weighted by atomic mass is 14.3. The van der Waals surface area contributed by atoms with E-state index < -0.39 is 0 Å². The van der Waals surface area contributed by atoms with Crippen molar-refractivity contribution in [3.05, 3.63) is 95.6 Å². The van der Waals surface area contributed by atoms with E-state index in [9.17, 15) is 0 Å². The molecule has 4 rings (SSSR count). The van der Waals surface area contributed by atoms with Gasteiger partial charge in [-0.05, 0) is 77.7 Å². The Balaban J connectivity index is 1.36. The van der Waals surface area contributed by atoms with E-state index in [0.29, 0.717) is 5.92 Å². The number of hydrogen-bond acceptors (Lipinski definition) is 0. The monoisotopic (exact) mass is 396 g/mol. The highest BCUT2D eigenvalue weighted by Crippen LogP contribution is 2.38. The van der Waals surface area contributed by atoms with Crippen LogP contribution in [0.15, 0.2) is 78.9 Å². The summed E-state index contributed by atoms with van der Waals surface area (Å²) >= 11 is 0. The Labute approximate surface area is 183 Å². The molecule has 30 heavy (non-hydrogen) atoms. The molecule has 0 heteroatoms. The topological polar surface area (TPSA) is 0 Å². The van der Waals surface area contributed by atoms with Gasteiger partial charge in [0.05, 0.1) is 0 Å². The molecular formula is C30H36. The van der Waals surface area contributed by atoms with E-state index in [0.717, 1.165) is 18.3 Å². The minimum Gasteiger partial charge on any atom is -0.0654 e. The van der Waals surface area contributed by atoms with E-state index in [4.69, 9.17) is 0 Å². The smallest absolute Gasteiger partial charge is 0.0150 e. The lowest BCUT2D eigenvalue weighted by molar-refractivity contribution is 0.308. The van der Waals surface area contributed by atoms with E-state index in [1.54, 1.807) is 5.56 Å². The van der Waals surface area contributed by atoms with Gasteiger partial charge in [-0.2, -0.15) is 0 Å². The SMILES string of the molecule is CCCC1CCC(c2ccc(-c3ccc(C[C@H](C)c4ccccc4)cc3)cc2)CC1. The lowest BCUT2D eigenvalue weighted by atomic mass is 9.77. The van der Waals surface area contributed by atoms with E-state index in [1.807, 2.05) is 0 Å². The van der Waals surface area contributed by atoms with E-state index in [-0.39, 0.29) is 0 Å². The van der Waals surface area contributed by atoms with Crippen LogP contribution in [-0.4, -0.2) is 0 Å². The molecule has 0 aromatic heterocycles. The van der Waals surface area contributed by atoms with Crippen molar-refractivity contribution in [1.82, 2.24) is 0 Å². The molecular weight excluding hydrogens is 360 g/mol. The quantitative estimate of drug-likeness (QED) is 0.374. The van der Waals surface area contributed by atoms with Crippen LogP contribution in [0.3, 0.4) is 0 Å². The van der Waals surface area contributed by atoms with E-state index in [2.05, 4.69) is 92.7 Å². The van der Waals surface area contributed by atoms with Crippen LogP contribution < -0.4 is 0 Å². The van der Waals surface area contributed by atoms with Crippen LogP contribution in [0.1, 0.15) is 80.9 Å². The third-order valence-electron chi connectivity index (χ3n) is 7.12. The maximum Gasteiger partial charge on any atom is -0.0150 e. The second kappa shape index (κ2) is 10.1. The van der Waals surface area contributed by atoms with Gasteiger partial charge in [0.2, 0.25) is 0 Å². The van der Waals surface area contributed by atoms with Crippen LogP contribution in [0.4, 0.5) is 0 Å². The summed E-state index contributed by atoms with van der Waals surface area (Å²) in [7, 11) is 0. The molecule has 0 saturated heterocycles. The minimum absolute atomic E-state index is 0.545. The Morgan fingerprint density at radius 1 is 0.733 bits per heavy atom. The van der Waals surface area contributed by atoms with E-state index >= 15 is 0 Å². The maximum atomic E-state index is 2.38. The molecule has 0 aliphatic heterocycles. The molecule has 0 bridgehead atoms. The first-order chi connectivity index (χ1) is 14.7. The lowest BCUT2D eigenvalue weighted by Crippen LogP contribution is -2.13. The molecule has 1 aliphatic rings. The van der Waals surface area contributed by atoms with Crippen molar-refractivity contribution >= 4 is 0 Å². The molecule has 1 atom stereocenters. The van der Waals surface area contributed by atoms with Gasteiger partial charge in [0.1, 0.15) is 0 Å². The van der Waals surface area contributed by atoms with Crippen molar-refractivity contribution < 1.29 is 0 Å². The van der Waals surface area contributed by atoms with Gasteiger partial charge in [0, 0.05) is 0 Å². The molecule has 0 radical (unpaired) electrons. The molecule has 0 nitrogen and oxygen atoms in total. The van der Waals surface area contributed by atoms with Gasteiger partial charge in [-0.3, -0.25) is 0 Å². The summed E-state index contributed by atoms with van der Waals surface area (Å²) in [6.07, 6.45) is 9.44. The Hall–Kier alpha value is -2.34. The zero-order chi connectivity index (χ0) is 20.8. The minimum atomic E-state index is 0.545. The molecule has 0 heterocycles. The van der Waals surface area contributed by atoms with Gasteiger partial charge >= 0.3 is 0 Å². The molecule has 0 amide bonds. The summed E-state index contributed by atoms with van der Waals surface area (Å²) in [6, 6.07) is 29.4. The van der Waals surface area contributed by atoms with Crippen LogP contribution in [0.25, 0.3) is 11.1 Å².